The molecule has 0 aliphatic carbocycles. The minimum absolute atomic E-state index is 0.334. The number of amides is 1. The average Bonchev–Trinajstić information content (AvgIpc) is 2.25. The number of likely N-dealkylation sites (N-methyl/N-ethyl adjacent to an activating group) is 1. The molecular formula is C12H18BrN3O2. The number of carbonyl (C=O) groups is 1. The van der Waals surface area contributed by atoms with Crippen molar-refractivity contribution in [3.8, 4) is 0 Å². The van der Waals surface area contributed by atoms with Gasteiger partial charge in [0.25, 0.3) is 0 Å². The first-order valence-electron chi connectivity index (χ1n) is 5.68. The quantitative estimate of drug-likeness (QED) is 0.860. The molecule has 0 radical (unpaired) electrons. The molecule has 0 aliphatic heterocycles. The fourth-order valence-corrected chi connectivity index (χ4v) is 1.37. The van der Waals surface area contributed by atoms with E-state index in [9.17, 15) is 4.79 Å². The molecule has 100 valence electrons. The highest BCUT2D eigenvalue weighted by atomic mass is 79.9. The first kappa shape index (κ1) is 14.9. The van der Waals surface area contributed by atoms with E-state index in [1.807, 2.05) is 20.8 Å². The Labute approximate surface area is 116 Å². The van der Waals surface area contributed by atoms with Crippen molar-refractivity contribution in [3.05, 3.63) is 22.7 Å². The lowest BCUT2D eigenvalue weighted by atomic mass is 10.2. The molecule has 0 bridgehead atoms. The third-order valence-corrected chi connectivity index (χ3v) is 2.46. The molecule has 0 aliphatic rings. The zero-order chi connectivity index (χ0) is 13.8. The Morgan fingerprint density at radius 2 is 1.94 bits per heavy atom. The maximum absolute atomic E-state index is 11.7. The minimum atomic E-state index is -0.473. The molecule has 0 N–H and O–H groups in total. The van der Waals surface area contributed by atoms with Gasteiger partial charge >= 0.3 is 6.09 Å². The van der Waals surface area contributed by atoms with Crippen molar-refractivity contribution in [2.24, 2.45) is 0 Å². The molecule has 1 amide bonds. The van der Waals surface area contributed by atoms with Crippen LogP contribution < -0.4 is 0 Å². The van der Waals surface area contributed by atoms with Crippen LogP contribution in [-0.4, -0.2) is 40.2 Å². The molecule has 0 atom stereocenters. The van der Waals surface area contributed by atoms with E-state index in [1.165, 1.54) is 4.90 Å². The van der Waals surface area contributed by atoms with Crippen molar-refractivity contribution in [3.63, 3.8) is 0 Å². The molecule has 1 aromatic heterocycles. The topological polar surface area (TPSA) is 55.3 Å². The lowest BCUT2D eigenvalue weighted by molar-refractivity contribution is 0.0300. The number of carbonyl (C=O) groups excluding carboxylic acids is 1. The van der Waals surface area contributed by atoms with Gasteiger partial charge in [-0.1, -0.05) is 0 Å². The summed E-state index contributed by atoms with van der Waals surface area (Å²) in [6.45, 7) is 6.06. The fraction of sp³-hybridized carbons (Fsp3) is 0.583. The summed E-state index contributed by atoms with van der Waals surface area (Å²) in [5, 5.41) is 0. The summed E-state index contributed by atoms with van der Waals surface area (Å²) in [7, 11) is 1.70. The van der Waals surface area contributed by atoms with E-state index in [-0.39, 0.29) is 6.09 Å². The SMILES string of the molecule is CN(CCc1ncc(Br)cn1)C(=O)OC(C)(C)C. The number of nitrogens with zero attached hydrogens (tertiary/aromatic N) is 3. The summed E-state index contributed by atoms with van der Waals surface area (Å²) in [5.74, 6) is 0.702. The van der Waals surface area contributed by atoms with Gasteiger partial charge in [0, 0.05) is 32.4 Å². The summed E-state index contributed by atoms with van der Waals surface area (Å²) in [6.07, 6.45) is 3.65. The summed E-state index contributed by atoms with van der Waals surface area (Å²) < 4.78 is 6.09. The summed E-state index contributed by atoms with van der Waals surface area (Å²) >= 11 is 3.27. The highest BCUT2D eigenvalue weighted by Gasteiger charge is 2.19. The van der Waals surface area contributed by atoms with Crippen LogP contribution >= 0.6 is 15.9 Å². The van der Waals surface area contributed by atoms with Gasteiger partial charge in [0.15, 0.2) is 0 Å². The second-order valence-electron chi connectivity index (χ2n) is 4.97. The number of rotatable bonds is 3. The molecule has 0 saturated carbocycles. The summed E-state index contributed by atoms with van der Waals surface area (Å²) in [5.41, 5.74) is -0.473. The molecule has 6 heteroatoms. The molecule has 1 rings (SSSR count). The van der Waals surface area contributed by atoms with Crippen LogP contribution in [0.5, 0.6) is 0 Å². The van der Waals surface area contributed by atoms with Crippen LogP contribution in [0.1, 0.15) is 26.6 Å². The maximum atomic E-state index is 11.7. The largest absolute Gasteiger partial charge is 0.444 e. The molecule has 1 heterocycles. The number of aromatic nitrogens is 2. The van der Waals surface area contributed by atoms with E-state index in [0.29, 0.717) is 18.8 Å². The molecule has 0 fully saturated rings. The highest BCUT2D eigenvalue weighted by molar-refractivity contribution is 9.10. The van der Waals surface area contributed by atoms with Crippen LogP contribution in [0, 0.1) is 0 Å². The molecule has 0 aromatic carbocycles. The van der Waals surface area contributed by atoms with Gasteiger partial charge in [-0.15, -0.1) is 0 Å². The third-order valence-electron chi connectivity index (χ3n) is 2.05. The lowest BCUT2D eigenvalue weighted by Crippen LogP contribution is -2.35. The van der Waals surface area contributed by atoms with Gasteiger partial charge in [0.2, 0.25) is 0 Å². The van der Waals surface area contributed by atoms with E-state index in [1.54, 1.807) is 19.4 Å². The van der Waals surface area contributed by atoms with E-state index in [4.69, 9.17) is 4.74 Å². The van der Waals surface area contributed by atoms with Crippen LogP contribution in [0.3, 0.4) is 0 Å². The first-order chi connectivity index (χ1) is 8.28. The van der Waals surface area contributed by atoms with Crippen molar-refractivity contribution in [1.29, 1.82) is 0 Å². The smallest absolute Gasteiger partial charge is 0.410 e. The Kier molecular flexibility index (Phi) is 5.07. The number of hydrogen-bond donors (Lipinski definition) is 0. The Bertz CT molecular complexity index is 401. The van der Waals surface area contributed by atoms with Crippen molar-refractivity contribution in [2.75, 3.05) is 13.6 Å². The molecule has 0 spiro atoms. The zero-order valence-electron chi connectivity index (χ0n) is 11.1. The summed E-state index contributed by atoms with van der Waals surface area (Å²) in [6, 6.07) is 0. The van der Waals surface area contributed by atoms with Crippen molar-refractivity contribution in [1.82, 2.24) is 14.9 Å². The van der Waals surface area contributed by atoms with Crippen LogP contribution in [0.4, 0.5) is 4.79 Å². The Morgan fingerprint density at radius 3 is 2.44 bits per heavy atom. The molecular weight excluding hydrogens is 298 g/mol. The number of halogens is 1. The predicted octanol–water partition coefficient (Wildman–Crippen LogP) is 2.65. The third kappa shape index (κ3) is 5.44. The Balaban J connectivity index is 2.43. The van der Waals surface area contributed by atoms with Crippen LogP contribution in [0.15, 0.2) is 16.9 Å². The van der Waals surface area contributed by atoms with Crippen molar-refractivity contribution in [2.45, 2.75) is 32.8 Å². The molecule has 18 heavy (non-hydrogen) atoms. The van der Waals surface area contributed by atoms with E-state index in [0.717, 1.165) is 4.47 Å². The van der Waals surface area contributed by atoms with Gasteiger partial charge in [-0.05, 0) is 36.7 Å². The van der Waals surface area contributed by atoms with Crippen molar-refractivity contribution < 1.29 is 9.53 Å². The van der Waals surface area contributed by atoms with Crippen LogP contribution in [0.25, 0.3) is 0 Å². The van der Waals surface area contributed by atoms with Gasteiger partial charge in [0.1, 0.15) is 11.4 Å². The van der Waals surface area contributed by atoms with E-state index < -0.39 is 5.60 Å². The van der Waals surface area contributed by atoms with Crippen LogP contribution in [0.2, 0.25) is 0 Å². The second-order valence-corrected chi connectivity index (χ2v) is 5.89. The normalized spacial score (nSPS) is 11.2. The van der Waals surface area contributed by atoms with Gasteiger partial charge < -0.3 is 9.64 Å². The van der Waals surface area contributed by atoms with Gasteiger partial charge in [-0.3, -0.25) is 0 Å². The molecule has 0 unspecified atom stereocenters. The maximum Gasteiger partial charge on any atom is 0.410 e. The zero-order valence-corrected chi connectivity index (χ0v) is 12.7. The highest BCUT2D eigenvalue weighted by Crippen LogP contribution is 2.09. The van der Waals surface area contributed by atoms with Crippen molar-refractivity contribution >= 4 is 22.0 Å². The minimum Gasteiger partial charge on any atom is -0.444 e. The lowest BCUT2D eigenvalue weighted by Gasteiger charge is -2.24. The Morgan fingerprint density at radius 1 is 1.39 bits per heavy atom. The molecule has 5 nitrogen and oxygen atoms in total. The van der Waals surface area contributed by atoms with Gasteiger partial charge in [-0.2, -0.15) is 0 Å². The van der Waals surface area contributed by atoms with E-state index >= 15 is 0 Å². The standard InChI is InChI=1S/C12H18BrN3O2/c1-12(2,3)18-11(17)16(4)6-5-10-14-7-9(13)8-15-10/h7-8H,5-6H2,1-4H3. The van der Waals surface area contributed by atoms with Gasteiger partial charge in [-0.25, -0.2) is 14.8 Å². The fourth-order valence-electron chi connectivity index (χ4n) is 1.17. The molecule has 1 aromatic rings. The number of hydrogen-bond acceptors (Lipinski definition) is 4. The predicted molar refractivity (Wildman–Crippen MR) is 72.3 cm³/mol. The van der Waals surface area contributed by atoms with Crippen LogP contribution in [-0.2, 0) is 11.2 Å². The number of ether oxygens (including phenoxy) is 1. The van der Waals surface area contributed by atoms with Gasteiger partial charge in [0.05, 0.1) is 4.47 Å². The average molecular weight is 316 g/mol. The second kappa shape index (κ2) is 6.13. The Hall–Kier alpha value is -1.17. The molecule has 0 saturated heterocycles. The summed E-state index contributed by atoms with van der Waals surface area (Å²) in [4.78, 5) is 21.5. The first-order valence-corrected chi connectivity index (χ1v) is 6.48. The van der Waals surface area contributed by atoms with E-state index in [2.05, 4.69) is 25.9 Å². The monoisotopic (exact) mass is 315 g/mol.